The topological polar surface area (TPSA) is 89.0 Å². The van der Waals surface area contributed by atoms with Gasteiger partial charge in [0.05, 0.1) is 20.4 Å². The first kappa shape index (κ1) is 22.9. The number of carbonyl (C=O) groups excluding carboxylic acids is 2. The summed E-state index contributed by atoms with van der Waals surface area (Å²) >= 11 is 0. The maximum absolute atomic E-state index is 11.9. The van der Waals surface area contributed by atoms with Crippen LogP contribution in [0, 0.1) is 0 Å². The zero-order chi connectivity index (χ0) is 22.1. The molecule has 0 aliphatic heterocycles. The lowest BCUT2D eigenvalue weighted by molar-refractivity contribution is -0.139. The molecule has 7 heteroatoms. The first-order chi connectivity index (χ1) is 14.2. The zero-order valence-electron chi connectivity index (χ0n) is 18.1. The third-order valence-electron chi connectivity index (χ3n) is 4.51. The fourth-order valence-electron chi connectivity index (χ4n) is 2.72. The normalized spacial score (nSPS) is 11.2. The van der Waals surface area contributed by atoms with Gasteiger partial charge in [-0.25, -0.2) is 5.43 Å². The lowest BCUT2D eigenvalue weighted by atomic mass is 9.87. The van der Waals surface area contributed by atoms with Gasteiger partial charge >= 0.3 is 11.8 Å². The molecular weight excluding hydrogens is 382 g/mol. The van der Waals surface area contributed by atoms with E-state index in [-0.39, 0.29) is 5.41 Å². The SMILES string of the molecule is COc1ccc(CCNC(=O)C(=O)N/N=C\c2ccc(C(C)(C)C)cc2)cc1OC. The summed E-state index contributed by atoms with van der Waals surface area (Å²) in [6.45, 7) is 6.72. The molecule has 0 bridgehead atoms. The monoisotopic (exact) mass is 411 g/mol. The number of rotatable bonds is 7. The third-order valence-corrected chi connectivity index (χ3v) is 4.51. The van der Waals surface area contributed by atoms with Crippen molar-refractivity contribution in [2.24, 2.45) is 5.10 Å². The van der Waals surface area contributed by atoms with Gasteiger partial charge in [-0.2, -0.15) is 5.10 Å². The Hall–Kier alpha value is -3.35. The van der Waals surface area contributed by atoms with Gasteiger partial charge in [-0.1, -0.05) is 51.1 Å². The Morgan fingerprint density at radius 1 is 0.967 bits per heavy atom. The smallest absolute Gasteiger partial charge is 0.329 e. The number of hydrogen-bond donors (Lipinski definition) is 2. The van der Waals surface area contributed by atoms with Crippen LogP contribution in [0.5, 0.6) is 11.5 Å². The molecule has 2 rings (SSSR count). The van der Waals surface area contributed by atoms with Crippen LogP contribution in [0.3, 0.4) is 0 Å². The molecule has 30 heavy (non-hydrogen) atoms. The molecule has 2 aromatic carbocycles. The summed E-state index contributed by atoms with van der Waals surface area (Å²) in [5, 5.41) is 6.42. The van der Waals surface area contributed by atoms with E-state index in [1.165, 1.54) is 11.8 Å². The van der Waals surface area contributed by atoms with Gasteiger partial charge in [-0.15, -0.1) is 0 Å². The molecule has 0 aliphatic carbocycles. The molecule has 2 amide bonds. The van der Waals surface area contributed by atoms with Gasteiger partial charge in [0.2, 0.25) is 0 Å². The van der Waals surface area contributed by atoms with Crippen molar-refractivity contribution in [2.75, 3.05) is 20.8 Å². The Kier molecular flexibility index (Phi) is 7.98. The van der Waals surface area contributed by atoms with Crippen molar-refractivity contribution in [3.05, 3.63) is 59.2 Å². The number of ether oxygens (including phenoxy) is 2. The molecule has 2 aromatic rings. The van der Waals surface area contributed by atoms with Crippen LogP contribution in [0.1, 0.15) is 37.5 Å². The zero-order valence-corrected chi connectivity index (χ0v) is 18.1. The summed E-state index contributed by atoms with van der Waals surface area (Å²) in [6, 6.07) is 13.4. The highest BCUT2D eigenvalue weighted by Gasteiger charge is 2.13. The second-order valence-electron chi connectivity index (χ2n) is 7.77. The lowest BCUT2D eigenvalue weighted by Gasteiger charge is -2.18. The third kappa shape index (κ3) is 6.62. The molecule has 2 N–H and O–H groups in total. The van der Waals surface area contributed by atoms with E-state index in [9.17, 15) is 9.59 Å². The van der Waals surface area contributed by atoms with Crippen LogP contribution in [0.2, 0.25) is 0 Å². The van der Waals surface area contributed by atoms with Crippen LogP contribution in [0.15, 0.2) is 47.6 Å². The quantitative estimate of drug-likeness (QED) is 0.417. The second-order valence-corrected chi connectivity index (χ2v) is 7.77. The minimum Gasteiger partial charge on any atom is -0.493 e. The first-order valence-electron chi connectivity index (χ1n) is 9.67. The van der Waals surface area contributed by atoms with Crippen LogP contribution in [0.25, 0.3) is 0 Å². The molecule has 0 saturated carbocycles. The standard InChI is InChI=1S/C23H29N3O4/c1-23(2,3)18-9-6-17(7-10-18)15-25-26-22(28)21(27)24-13-12-16-8-11-19(29-4)20(14-16)30-5/h6-11,14-15H,12-13H2,1-5H3,(H,24,27)(H,26,28)/b25-15-. The van der Waals surface area contributed by atoms with Crippen LogP contribution in [-0.2, 0) is 21.4 Å². The first-order valence-corrected chi connectivity index (χ1v) is 9.67. The largest absolute Gasteiger partial charge is 0.493 e. The van der Waals surface area contributed by atoms with Gasteiger partial charge in [-0.3, -0.25) is 9.59 Å². The molecule has 7 nitrogen and oxygen atoms in total. The molecule has 0 fully saturated rings. The minimum absolute atomic E-state index is 0.0684. The van der Waals surface area contributed by atoms with E-state index in [2.05, 4.69) is 36.6 Å². The predicted molar refractivity (Wildman–Crippen MR) is 117 cm³/mol. The average molecular weight is 412 g/mol. The van der Waals surface area contributed by atoms with Crippen LogP contribution in [-0.4, -0.2) is 38.8 Å². The van der Waals surface area contributed by atoms with Gasteiger partial charge in [0.15, 0.2) is 11.5 Å². The van der Waals surface area contributed by atoms with E-state index >= 15 is 0 Å². The number of amides is 2. The van der Waals surface area contributed by atoms with E-state index in [0.29, 0.717) is 24.5 Å². The average Bonchev–Trinajstić information content (AvgIpc) is 2.73. The molecule has 0 radical (unpaired) electrons. The van der Waals surface area contributed by atoms with Crippen molar-refractivity contribution in [1.82, 2.24) is 10.7 Å². The highest BCUT2D eigenvalue weighted by molar-refractivity contribution is 6.35. The molecule has 0 unspecified atom stereocenters. The number of carbonyl (C=O) groups is 2. The Bertz CT molecular complexity index is 900. The van der Waals surface area contributed by atoms with Crippen molar-refractivity contribution in [1.29, 1.82) is 0 Å². The molecular formula is C23H29N3O4. The van der Waals surface area contributed by atoms with Gasteiger partial charge in [0.25, 0.3) is 0 Å². The van der Waals surface area contributed by atoms with Crippen molar-refractivity contribution in [3.8, 4) is 11.5 Å². The van der Waals surface area contributed by atoms with Crippen molar-refractivity contribution in [3.63, 3.8) is 0 Å². The maximum atomic E-state index is 11.9. The van der Waals surface area contributed by atoms with Crippen molar-refractivity contribution >= 4 is 18.0 Å². The highest BCUT2D eigenvalue weighted by Crippen LogP contribution is 2.27. The summed E-state index contributed by atoms with van der Waals surface area (Å²) in [6.07, 6.45) is 2.05. The fraction of sp³-hybridized carbons (Fsp3) is 0.348. The summed E-state index contributed by atoms with van der Waals surface area (Å²) in [5.41, 5.74) is 5.29. The van der Waals surface area contributed by atoms with Crippen LogP contribution >= 0.6 is 0 Å². The molecule has 0 atom stereocenters. The Morgan fingerprint density at radius 2 is 1.63 bits per heavy atom. The highest BCUT2D eigenvalue weighted by atomic mass is 16.5. The van der Waals surface area contributed by atoms with E-state index in [4.69, 9.17) is 9.47 Å². The number of hydrogen-bond acceptors (Lipinski definition) is 5. The van der Waals surface area contributed by atoms with Crippen molar-refractivity contribution in [2.45, 2.75) is 32.6 Å². The van der Waals surface area contributed by atoms with E-state index in [1.807, 2.05) is 36.4 Å². The second kappa shape index (κ2) is 10.4. The minimum atomic E-state index is -0.815. The van der Waals surface area contributed by atoms with Gasteiger partial charge in [0.1, 0.15) is 0 Å². The van der Waals surface area contributed by atoms with Gasteiger partial charge in [-0.05, 0) is 40.7 Å². The number of benzene rings is 2. The van der Waals surface area contributed by atoms with E-state index < -0.39 is 11.8 Å². The molecule has 0 aromatic heterocycles. The molecule has 0 heterocycles. The molecule has 0 saturated heterocycles. The fourth-order valence-corrected chi connectivity index (χ4v) is 2.72. The number of nitrogens with zero attached hydrogens (tertiary/aromatic N) is 1. The molecule has 160 valence electrons. The maximum Gasteiger partial charge on any atom is 0.329 e. The number of methoxy groups -OCH3 is 2. The molecule has 0 aliphatic rings. The van der Waals surface area contributed by atoms with Gasteiger partial charge < -0.3 is 14.8 Å². The van der Waals surface area contributed by atoms with E-state index in [0.717, 1.165) is 11.1 Å². The van der Waals surface area contributed by atoms with Crippen LogP contribution in [0.4, 0.5) is 0 Å². The predicted octanol–water partition coefficient (Wildman–Crippen LogP) is 2.81. The summed E-state index contributed by atoms with van der Waals surface area (Å²) in [4.78, 5) is 23.8. The Balaban J connectivity index is 1.79. The summed E-state index contributed by atoms with van der Waals surface area (Å²) < 4.78 is 10.4. The van der Waals surface area contributed by atoms with Crippen molar-refractivity contribution < 1.29 is 19.1 Å². The molecule has 0 spiro atoms. The summed E-state index contributed by atoms with van der Waals surface area (Å²) in [5.74, 6) is -0.305. The summed E-state index contributed by atoms with van der Waals surface area (Å²) in [7, 11) is 3.13. The van der Waals surface area contributed by atoms with E-state index in [1.54, 1.807) is 20.3 Å². The Labute approximate surface area is 177 Å². The number of hydrazone groups is 1. The Morgan fingerprint density at radius 3 is 2.23 bits per heavy atom. The number of nitrogens with one attached hydrogen (secondary N) is 2. The lowest BCUT2D eigenvalue weighted by Crippen LogP contribution is -2.38. The van der Waals surface area contributed by atoms with Crippen LogP contribution < -0.4 is 20.2 Å². The van der Waals surface area contributed by atoms with Gasteiger partial charge in [0, 0.05) is 6.54 Å².